The summed E-state index contributed by atoms with van der Waals surface area (Å²) < 4.78 is 5.70. The highest BCUT2D eigenvalue weighted by atomic mass is 16.5. The van der Waals surface area contributed by atoms with Crippen LogP contribution >= 0.6 is 0 Å². The first-order chi connectivity index (χ1) is 8.28. The zero-order valence-electron chi connectivity index (χ0n) is 9.73. The summed E-state index contributed by atoms with van der Waals surface area (Å²) in [7, 11) is 0. The summed E-state index contributed by atoms with van der Waals surface area (Å²) in [4.78, 5) is 0. The molecule has 1 fully saturated rings. The van der Waals surface area contributed by atoms with Crippen LogP contribution in [0.3, 0.4) is 0 Å². The van der Waals surface area contributed by atoms with E-state index in [0.717, 1.165) is 18.5 Å². The Morgan fingerprint density at radius 1 is 1.47 bits per heavy atom. The van der Waals surface area contributed by atoms with Gasteiger partial charge in [-0.15, -0.1) is 0 Å². The molecule has 0 aromatic heterocycles. The molecule has 0 saturated carbocycles. The largest absolute Gasteiger partial charge is 0.389 e. The number of hydrogen-bond donors (Lipinski definition) is 3. The molecular formula is C13H18N2O2. The average Bonchev–Trinajstić information content (AvgIpc) is 2.35. The van der Waals surface area contributed by atoms with Crippen molar-refractivity contribution in [3.8, 4) is 0 Å². The van der Waals surface area contributed by atoms with E-state index >= 15 is 0 Å². The number of anilines is 1. The Labute approximate surface area is 101 Å². The SMILES string of the molecule is NCCc1ccc2c(c1)[C@H]1C[C@H](N2)[C@H](O)CO1. The maximum absolute atomic E-state index is 9.78. The molecule has 4 nitrogen and oxygen atoms in total. The van der Waals surface area contributed by atoms with Crippen LogP contribution in [-0.4, -0.2) is 30.4 Å². The van der Waals surface area contributed by atoms with Crippen molar-refractivity contribution in [1.29, 1.82) is 0 Å². The lowest BCUT2D eigenvalue weighted by Gasteiger charge is -2.40. The predicted molar refractivity (Wildman–Crippen MR) is 65.9 cm³/mol. The summed E-state index contributed by atoms with van der Waals surface area (Å²) in [6.45, 7) is 1.09. The molecule has 1 aromatic rings. The van der Waals surface area contributed by atoms with Gasteiger partial charge in [0.25, 0.3) is 0 Å². The standard InChI is InChI=1S/C13H18N2O2/c14-4-3-8-1-2-10-9(5-8)13-6-11(15-10)12(16)7-17-13/h1-2,5,11-13,15-16H,3-4,6-7,14H2/t11-,12+,13+/m0/s1. The van der Waals surface area contributed by atoms with Gasteiger partial charge in [0, 0.05) is 17.7 Å². The number of ether oxygens (including phenoxy) is 1. The van der Waals surface area contributed by atoms with Crippen LogP contribution in [0, 0.1) is 0 Å². The minimum Gasteiger partial charge on any atom is -0.389 e. The highest BCUT2D eigenvalue weighted by molar-refractivity contribution is 5.57. The van der Waals surface area contributed by atoms with Crippen LogP contribution < -0.4 is 11.1 Å². The molecule has 4 heteroatoms. The average molecular weight is 234 g/mol. The van der Waals surface area contributed by atoms with Crippen molar-refractivity contribution >= 4 is 5.69 Å². The Morgan fingerprint density at radius 3 is 3.18 bits per heavy atom. The van der Waals surface area contributed by atoms with Crippen LogP contribution in [0.2, 0.25) is 0 Å². The summed E-state index contributed by atoms with van der Waals surface area (Å²) in [5.41, 5.74) is 9.12. The van der Waals surface area contributed by atoms with E-state index in [1.807, 2.05) is 0 Å². The fourth-order valence-electron chi connectivity index (χ4n) is 2.69. The first kappa shape index (κ1) is 11.0. The van der Waals surface area contributed by atoms with E-state index in [2.05, 4.69) is 23.5 Å². The van der Waals surface area contributed by atoms with E-state index in [1.54, 1.807) is 0 Å². The molecule has 4 N–H and O–H groups in total. The lowest BCUT2D eigenvalue weighted by molar-refractivity contribution is -0.0672. The van der Waals surface area contributed by atoms with Crippen molar-refractivity contribution in [1.82, 2.24) is 0 Å². The van der Waals surface area contributed by atoms with Crippen molar-refractivity contribution in [2.24, 2.45) is 5.73 Å². The van der Waals surface area contributed by atoms with E-state index in [4.69, 9.17) is 10.5 Å². The van der Waals surface area contributed by atoms with Gasteiger partial charge in [0.1, 0.15) is 0 Å². The topological polar surface area (TPSA) is 67.5 Å². The van der Waals surface area contributed by atoms with Gasteiger partial charge in [-0.25, -0.2) is 0 Å². The van der Waals surface area contributed by atoms with Crippen LogP contribution in [0.5, 0.6) is 0 Å². The first-order valence-electron chi connectivity index (χ1n) is 6.17. The summed E-state index contributed by atoms with van der Waals surface area (Å²) in [5.74, 6) is 0. The Hall–Kier alpha value is -1.10. The quantitative estimate of drug-likeness (QED) is 0.708. The molecule has 0 radical (unpaired) electrons. The first-order valence-corrected chi connectivity index (χ1v) is 6.17. The van der Waals surface area contributed by atoms with E-state index in [1.165, 1.54) is 11.1 Å². The second-order valence-corrected chi connectivity index (χ2v) is 4.84. The van der Waals surface area contributed by atoms with Gasteiger partial charge in [0.15, 0.2) is 0 Å². The minimum atomic E-state index is -0.400. The van der Waals surface area contributed by atoms with Crippen molar-refractivity contribution in [2.75, 3.05) is 18.5 Å². The zero-order valence-corrected chi connectivity index (χ0v) is 9.73. The van der Waals surface area contributed by atoms with Crippen LogP contribution in [0.1, 0.15) is 23.7 Å². The van der Waals surface area contributed by atoms with Crippen molar-refractivity contribution in [2.45, 2.75) is 31.1 Å². The molecule has 1 aromatic carbocycles. The normalized spacial score (nSPS) is 30.6. The predicted octanol–water partition coefficient (Wildman–Crippen LogP) is 0.804. The molecule has 0 spiro atoms. The highest BCUT2D eigenvalue weighted by Gasteiger charge is 2.36. The molecule has 1 saturated heterocycles. The van der Waals surface area contributed by atoms with Gasteiger partial charge in [-0.05, 0) is 24.6 Å². The van der Waals surface area contributed by atoms with E-state index in [-0.39, 0.29) is 12.1 Å². The van der Waals surface area contributed by atoms with Crippen LogP contribution in [0.25, 0.3) is 0 Å². The lowest BCUT2D eigenvalue weighted by Crippen LogP contribution is -2.45. The lowest BCUT2D eigenvalue weighted by atomic mass is 9.89. The van der Waals surface area contributed by atoms with E-state index in [9.17, 15) is 5.11 Å². The maximum Gasteiger partial charge on any atom is 0.0975 e. The molecule has 17 heavy (non-hydrogen) atoms. The van der Waals surface area contributed by atoms with Gasteiger partial charge in [-0.1, -0.05) is 12.1 Å². The van der Waals surface area contributed by atoms with Gasteiger partial charge in [0.05, 0.1) is 24.9 Å². The number of nitrogens with two attached hydrogens (primary N) is 1. The van der Waals surface area contributed by atoms with Gasteiger partial charge in [-0.3, -0.25) is 0 Å². The van der Waals surface area contributed by atoms with Crippen molar-refractivity contribution in [3.05, 3.63) is 29.3 Å². The van der Waals surface area contributed by atoms with E-state index in [0.29, 0.717) is 13.2 Å². The zero-order chi connectivity index (χ0) is 11.8. The fraction of sp³-hybridized carbons (Fsp3) is 0.538. The number of fused-ring (bicyclic) bond motifs is 4. The third-order valence-electron chi connectivity index (χ3n) is 3.64. The number of aliphatic hydroxyl groups is 1. The molecule has 0 aliphatic carbocycles. The number of aliphatic hydroxyl groups excluding tert-OH is 1. The smallest absolute Gasteiger partial charge is 0.0975 e. The van der Waals surface area contributed by atoms with Gasteiger partial charge in [0.2, 0.25) is 0 Å². The minimum absolute atomic E-state index is 0.123. The third-order valence-corrected chi connectivity index (χ3v) is 3.64. The Morgan fingerprint density at radius 2 is 2.35 bits per heavy atom. The molecule has 0 amide bonds. The van der Waals surface area contributed by atoms with Gasteiger partial charge < -0.3 is 20.9 Å². The number of nitrogens with one attached hydrogen (secondary N) is 1. The molecular weight excluding hydrogens is 216 g/mol. The summed E-state index contributed by atoms with van der Waals surface area (Å²) >= 11 is 0. The highest BCUT2D eigenvalue weighted by Crippen LogP contribution is 2.39. The number of hydrogen-bond acceptors (Lipinski definition) is 4. The molecule has 2 aliphatic heterocycles. The van der Waals surface area contributed by atoms with E-state index < -0.39 is 6.10 Å². The van der Waals surface area contributed by atoms with Crippen LogP contribution in [0.4, 0.5) is 5.69 Å². The molecule has 0 unspecified atom stereocenters. The third kappa shape index (κ3) is 1.92. The monoisotopic (exact) mass is 234 g/mol. The second-order valence-electron chi connectivity index (χ2n) is 4.84. The van der Waals surface area contributed by atoms with Crippen molar-refractivity contribution in [3.63, 3.8) is 0 Å². The Balaban J connectivity index is 1.93. The summed E-state index contributed by atoms with van der Waals surface area (Å²) in [5, 5.41) is 13.2. The molecule has 3 rings (SSSR count). The number of benzene rings is 1. The van der Waals surface area contributed by atoms with Gasteiger partial charge >= 0.3 is 0 Å². The van der Waals surface area contributed by atoms with Gasteiger partial charge in [-0.2, -0.15) is 0 Å². The number of rotatable bonds is 2. The Kier molecular flexibility index (Phi) is 2.78. The summed E-state index contributed by atoms with van der Waals surface area (Å²) in [6.07, 6.45) is 1.47. The Bertz CT molecular complexity index is 422. The molecule has 2 aliphatic rings. The summed E-state index contributed by atoms with van der Waals surface area (Å²) in [6, 6.07) is 6.46. The fourth-order valence-corrected chi connectivity index (χ4v) is 2.69. The molecule has 3 atom stereocenters. The molecule has 2 bridgehead atoms. The molecule has 92 valence electrons. The van der Waals surface area contributed by atoms with Crippen LogP contribution in [0.15, 0.2) is 18.2 Å². The second kappa shape index (κ2) is 4.29. The molecule has 2 heterocycles. The van der Waals surface area contributed by atoms with Crippen LogP contribution in [-0.2, 0) is 11.2 Å². The van der Waals surface area contributed by atoms with Crippen molar-refractivity contribution < 1.29 is 9.84 Å². The maximum atomic E-state index is 9.78.